The molecular formula is C22H20ClNOS. The predicted molar refractivity (Wildman–Crippen MR) is 112 cm³/mol. The molecule has 0 aliphatic rings. The Morgan fingerprint density at radius 3 is 2.38 bits per heavy atom. The van der Waals surface area contributed by atoms with Crippen LogP contribution >= 0.6 is 23.8 Å². The predicted octanol–water partition coefficient (Wildman–Crippen LogP) is 5.69. The maximum absolute atomic E-state index is 5.89. The fourth-order valence-corrected chi connectivity index (χ4v) is 2.89. The number of rotatable bonds is 6. The number of thiocarbonyl (C=S) groups is 1. The molecule has 0 bridgehead atoms. The molecular weight excluding hydrogens is 362 g/mol. The van der Waals surface area contributed by atoms with Crippen LogP contribution in [0.3, 0.4) is 0 Å². The Kier molecular flexibility index (Phi) is 6.26. The Morgan fingerprint density at radius 2 is 1.69 bits per heavy atom. The van der Waals surface area contributed by atoms with Gasteiger partial charge in [-0.3, -0.25) is 0 Å². The summed E-state index contributed by atoms with van der Waals surface area (Å²) in [6, 6.07) is 23.9. The minimum absolute atomic E-state index is 0.507. The van der Waals surface area contributed by atoms with Crippen molar-refractivity contribution in [2.24, 2.45) is 0 Å². The molecule has 26 heavy (non-hydrogen) atoms. The normalized spacial score (nSPS) is 10.4. The van der Waals surface area contributed by atoms with Crippen molar-refractivity contribution in [1.29, 1.82) is 0 Å². The highest BCUT2D eigenvalue weighted by atomic mass is 35.5. The maximum atomic E-state index is 5.89. The van der Waals surface area contributed by atoms with Crippen molar-refractivity contribution in [3.8, 4) is 5.75 Å². The summed E-state index contributed by atoms with van der Waals surface area (Å²) in [6.07, 6.45) is 0. The van der Waals surface area contributed by atoms with Gasteiger partial charge in [-0.1, -0.05) is 65.8 Å². The summed E-state index contributed by atoms with van der Waals surface area (Å²) in [5.41, 5.74) is 4.52. The van der Waals surface area contributed by atoms with E-state index in [2.05, 4.69) is 36.5 Å². The Bertz CT molecular complexity index is 875. The Morgan fingerprint density at radius 1 is 0.962 bits per heavy atom. The number of nitrogens with one attached hydrogen (secondary N) is 1. The Labute approximate surface area is 164 Å². The Hall–Kier alpha value is -2.36. The molecule has 0 aliphatic carbocycles. The molecule has 0 atom stereocenters. The van der Waals surface area contributed by atoms with Crippen molar-refractivity contribution < 1.29 is 4.74 Å². The lowest BCUT2D eigenvalue weighted by atomic mass is 10.1. The molecule has 0 amide bonds. The summed E-state index contributed by atoms with van der Waals surface area (Å²) >= 11 is 11.4. The largest absolute Gasteiger partial charge is 0.489 e. The van der Waals surface area contributed by atoms with Gasteiger partial charge in [0, 0.05) is 17.1 Å². The molecule has 3 aromatic rings. The number of hydrogen-bond donors (Lipinski definition) is 1. The van der Waals surface area contributed by atoms with Crippen LogP contribution in [0.25, 0.3) is 0 Å². The molecule has 0 heterocycles. The molecule has 3 aromatic carbocycles. The van der Waals surface area contributed by atoms with E-state index in [4.69, 9.17) is 28.6 Å². The van der Waals surface area contributed by atoms with Crippen LogP contribution in [0.15, 0.2) is 72.8 Å². The second-order valence-corrected chi connectivity index (χ2v) is 6.96. The molecule has 0 radical (unpaired) electrons. The van der Waals surface area contributed by atoms with Gasteiger partial charge < -0.3 is 10.1 Å². The first-order valence-electron chi connectivity index (χ1n) is 8.41. The van der Waals surface area contributed by atoms with Crippen molar-refractivity contribution in [2.45, 2.75) is 20.1 Å². The average molecular weight is 382 g/mol. The van der Waals surface area contributed by atoms with Gasteiger partial charge in [-0.25, -0.2) is 0 Å². The third kappa shape index (κ3) is 5.32. The van der Waals surface area contributed by atoms with Crippen LogP contribution in [0, 0.1) is 6.92 Å². The zero-order chi connectivity index (χ0) is 18.4. The molecule has 0 fully saturated rings. The van der Waals surface area contributed by atoms with Crippen molar-refractivity contribution in [3.63, 3.8) is 0 Å². The fraction of sp³-hybridized carbons (Fsp3) is 0.136. The molecule has 2 nitrogen and oxygen atoms in total. The molecule has 0 unspecified atom stereocenters. The molecule has 3 rings (SSSR count). The highest BCUT2D eigenvalue weighted by molar-refractivity contribution is 7.80. The van der Waals surface area contributed by atoms with Crippen LogP contribution in [0.5, 0.6) is 5.75 Å². The van der Waals surface area contributed by atoms with Crippen LogP contribution in [-0.2, 0) is 13.2 Å². The van der Waals surface area contributed by atoms with Gasteiger partial charge in [0.25, 0.3) is 0 Å². The molecule has 0 aliphatic heterocycles. The third-order valence-corrected chi connectivity index (χ3v) is 4.60. The SMILES string of the molecule is Cc1cccc(CNC(=S)c2ccc(OCc3ccc(Cl)cc3)cc2)c1. The van der Waals surface area contributed by atoms with E-state index in [0.717, 1.165) is 33.4 Å². The number of ether oxygens (including phenoxy) is 1. The van der Waals surface area contributed by atoms with Crippen LogP contribution in [0.2, 0.25) is 5.02 Å². The molecule has 132 valence electrons. The van der Waals surface area contributed by atoms with Gasteiger partial charge in [-0.15, -0.1) is 0 Å². The van der Waals surface area contributed by atoms with Crippen molar-refractivity contribution >= 4 is 28.8 Å². The van der Waals surface area contributed by atoms with Gasteiger partial charge in [0.1, 0.15) is 17.3 Å². The molecule has 0 spiro atoms. The summed E-state index contributed by atoms with van der Waals surface area (Å²) in [4.78, 5) is 0.732. The average Bonchev–Trinajstić information content (AvgIpc) is 2.66. The first kappa shape index (κ1) is 18.4. The zero-order valence-corrected chi connectivity index (χ0v) is 16.1. The zero-order valence-electron chi connectivity index (χ0n) is 14.5. The monoisotopic (exact) mass is 381 g/mol. The lowest BCUT2D eigenvalue weighted by Crippen LogP contribution is -2.21. The maximum Gasteiger partial charge on any atom is 0.119 e. The van der Waals surface area contributed by atoms with E-state index in [1.54, 1.807) is 0 Å². The fourth-order valence-electron chi connectivity index (χ4n) is 2.56. The van der Waals surface area contributed by atoms with Crippen LogP contribution in [0.4, 0.5) is 0 Å². The van der Waals surface area contributed by atoms with Crippen LogP contribution < -0.4 is 10.1 Å². The molecule has 4 heteroatoms. The van der Waals surface area contributed by atoms with Crippen molar-refractivity contribution in [3.05, 3.63) is 100 Å². The summed E-state index contributed by atoms with van der Waals surface area (Å²) in [7, 11) is 0. The number of aryl methyl sites for hydroxylation is 1. The smallest absolute Gasteiger partial charge is 0.119 e. The van der Waals surface area contributed by atoms with Gasteiger partial charge >= 0.3 is 0 Å². The summed E-state index contributed by atoms with van der Waals surface area (Å²) in [6.45, 7) is 3.31. The quantitative estimate of drug-likeness (QED) is 0.554. The second-order valence-electron chi connectivity index (χ2n) is 6.11. The number of hydrogen-bond acceptors (Lipinski definition) is 2. The highest BCUT2D eigenvalue weighted by Crippen LogP contribution is 2.16. The second kappa shape index (κ2) is 8.84. The van der Waals surface area contributed by atoms with E-state index < -0.39 is 0 Å². The summed E-state index contributed by atoms with van der Waals surface area (Å²) in [5.74, 6) is 0.810. The van der Waals surface area contributed by atoms with Gasteiger partial charge in [-0.2, -0.15) is 0 Å². The minimum atomic E-state index is 0.507. The van der Waals surface area contributed by atoms with Crippen molar-refractivity contribution in [2.75, 3.05) is 0 Å². The standard InChI is InChI=1S/C22H20ClNOS/c1-16-3-2-4-18(13-16)14-24-22(26)19-7-11-21(12-8-19)25-15-17-5-9-20(23)10-6-17/h2-13H,14-15H2,1H3,(H,24,26). The van der Waals surface area contributed by atoms with Gasteiger partial charge in [-0.05, 0) is 54.4 Å². The van der Waals surface area contributed by atoms with E-state index in [0.29, 0.717) is 6.61 Å². The number of benzene rings is 3. The molecule has 0 aromatic heterocycles. The highest BCUT2D eigenvalue weighted by Gasteiger charge is 2.03. The van der Waals surface area contributed by atoms with Gasteiger partial charge in [0.2, 0.25) is 0 Å². The van der Waals surface area contributed by atoms with Gasteiger partial charge in [0.05, 0.1) is 0 Å². The summed E-state index contributed by atoms with van der Waals surface area (Å²) < 4.78 is 5.80. The Balaban J connectivity index is 1.53. The first-order chi connectivity index (χ1) is 12.6. The van der Waals surface area contributed by atoms with Crippen molar-refractivity contribution in [1.82, 2.24) is 5.32 Å². The van der Waals surface area contributed by atoms with E-state index in [1.807, 2.05) is 48.5 Å². The van der Waals surface area contributed by atoms with Crippen LogP contribution in [0.1, 0.15) is 22.3 Å². The summed E-state index contributed by atoms with van der Waals surface area (Å²) in [5, 5.41) is 4.03. The van der Waals surface area contributed by atoms with Crippen LogP contribution in [-0.4, -0.2) is 4.99 Å². The topological polar surface area (TPSA) is 21.3 Å². The number of halogens is 1. The van der Waals surface area contributed by atoms with Gasteiger partial charge in [0.15, 0.2) is 0 Å². The molecule has 0 saturated carbocycles. The third-order valence-electron chi connectivity index (χ3n) is 3.97. The lowest BCUT2D eigenvalue weighted by Gasteiger charge is -2.10. The van der Waals surface area contributed by atoms with E-state index in [9.17, 15) is 0 Å². The van der Waals surface area contributed by atoms with E-state index >= 15 is 0 Å². The van der Waals surface area contributed by atoms with E-state index in [1.165, 1.54) is 11.1 Å². The lowest BCUT2D eigenvalue weighted by molar-refractivity contribution is 0.306. The molecule has 0 saturated heterocycles. The minimum Gasteiger partial charge on any atom is -0.489 e. The first-order valence-corrected chi connectivity index (χ1v) is 9.20. The molecule has 1 N–H and O–H groups in total. The van der Waals surface area contributed by atoms with E-state index in [-0.39, 0.29) is 0 Å².